The Hall–Kier alpha value is -1.75. The van der Waals surface area contributed by atoms with Crippen molar-refractivity contribution < 1.29 is 4.79 Å². The van der Waals surface area contributed by atoms with Crippen LogP contribution >= 0.6 is 0 Å². The molecule has 0 bridgehead atoms. The average Bonchev–Trinajstić information content (AvgIpc) is 2.39. The minimum absolute atomic E-state index is 0.0821. The van der Waals surface area contributed by atoms with Crippen molar-refractivity contribution in [3.05, 3.63) is 23.8 Å². The van der Waals surface area contributed by atoms with Gasteiger partial charge in [-0.1, -0.05) is 0 Å². The van der Waals surface area contributed by atoms with Crippen molar-refractivity contribution in [3.8, 4) is 0 Å². The monoisotopic (exact) mass is 234 g/mol. The number of nitrogens with two attached hydrogens (primary N) is 1. The fraction of sp³-hybridized carbons (Fsp3) is 0.417. The predicted octanol–water partition coefficient (Wildman–Crippen LogP) is 0.0380. The summed E-state index contributed by atoms with van der Waals surface area (Å²) < 4.78 is 0. The lowest BCUT2D eigenvalue weighted by molar-refractivity contribution is 0.0963. The second kappa shape index (κ2) is 5.05. The van der Waals surface area contributed by atoms with Gasteiger partial charge in [0.05, 0.1) is 11.4 Å². The first-order chi connectivity index (χ1) is 8.22. The molecule has 1 aliphatic rings. The summed E-state index contributed by atoms with van der Waals surface area (Å²) in [5.74, 6) is -0.0821. The van der Waals surface area contributed by atoms with Crippen LogP contribution in [0.3, 0.4) is 0 Å². The fourth-order valence-corrected chi connectivity index (χ4v) is 2.01. The van der Waals surface area contributed by atoms with Crippen LogP contribution in [0.15, 0.2) is 18.2 Å². The van der Waals surface area contributed by atoms with Crippen molar-refractivity contribution in [3.63, 3.8) is 0 Å². The van der Waals surface area contributed by atoms with Gasteiger partial charge >= 0.3 is 0 Å². The molecule has 17 heavy (non-hydrogen) atoms. The van der Waals surface area contributed by atoms with Crippen molar-refractivity contribution in [1.29, 1.82) is 0 Å². The van der Waals surface area contributed by atoms with Crippen molar-refractivity contribution in [2.75, 3.05) is 43.9 Å². The zero-order valence-corrected chi connectivity index (χ0v) is 9.99. The average molecular weight is 234 g/mol. The number of piperazine rings is 1. The Labute approximate surface area is 101 Å². The summed E-state index contributed by atoms with van der Waals surface area (Å²) in [5.41, 5.74) is 8.29. The fourth-order valence-electron chi connectivity index (χ4n) is 2.01. The summed E-state index contributed by atoms with van der Waals surface area (Å²) in [7, 11) is 1.63. The molecule has 0 spiro atoms. The molecule has 1 aliphatic heterocycles. The minimum Gasteiger partial charge on any atom is -0.397 e. The van der Waals surface area contributed by atoms with Gasteiger partial charge in [0.25, 0.3) is 5.91 Å². The lowest BCUT2D eigenvalue weighted by Crippen LogP contribution is -2.43. The number of nitrogens with zero attached hydrogens (tertiary/aromatic N) is 1. The number of amides is 1. The summed E-state index contributed by atoms with van der Waals surface area (Å²) >= 11 is 0. The number of hydrogen-bond donors (Lipinski definition) is 3. The SMILES string of the molecule is CNC(=O)c1ccc(N)c(N2CCNCC2)c1. The molecule has 5 nitrogen and oxygen atoms in total. The molecule has 0 atom stereocenters. The molecular formula is C12H18N4O. The molecular weight excluding hydrogens is 216 g/mol. The van der Waals surface area contributed by atoms with Crippen molar-refractivity contribution in [2.45, 2.75) is 0 Å². The molecule has 2 rings (SSSR count). The van der Waals surface area contributed by atoms with Crippen LogP contribution in [-0.4, -0.2) is 39.1 Å². The van der Waals surface area contributed by atoms with E-state index in [1.54, 1.807) is 19.2 Å². The van der Waals surface area contributed by atoms with E-state index >= 15 is 0 Å². The molecule has 1 amide bonds. The summed E-state index contributed by atoms with van der Waals surface area (Å²) in [4.78, 5) is 13.8. The van der Waals surface area contributed by atoms with E-state index in [1.165, 1.54) is 0 Å². The van der Waals surface area contributed by atoms with Gasteiger partial charge in [0.2, 0.25) is 0 Å². The zero-order valence-electron chi connectivity index (χ0n) is 9.99. The molecule has 0 saturated carbocycles. The first-order valence-corrected chi connectivity index (χ1v) is 5.79. The van der Waals surface area contributed by atoms with Crippen LogP contribution in [0.25, 0.3) is 0 Å². The number of benzene rings is 1. The van der Waals surface area contributed by atoms with E-state index in [4.69, 9.17) is 5.73 Å². The van der Waals surface area contributed by atoms with Crippen LogP contribution in [0.2, 0.25) is 0 Å². The maximum atomic E-state index is 11.6. The van der Waals surface area contributed by atoms with E-state index in [0.29, 0.717) is 5.56 Å². The third-order valence-electron chi connectivity index (χ3n) is 2.98. The molecule has 0 unspecified atom stereocenters. The van der Waals surface area contributed by atoms with E-state index in [2.05, 4.69) is 15.5 Å². The Morgan fingerprint density at radius 2 is 2.12 bits per heavy atom. The van der Waals surface area contributed by atoms with Gasteiger partial charge in [-0.3, -0.25) is 4.79 Å². The van der Waals surface area contributed by atoms with Gasteiger partial charge in [-0.05, 0) is 18.2 Å². The van der Waals surface area contributed by atoms with Gasteiger partial charge in [0, 0.05) is 38.8 Å². The maximum Gasteiger partial charge on any atom is 0.251 e. The first kappa shape index (κ1) is 11.7. The van der Waals surface area contributed by atoms with Gasteiger partial charge in [-0.2, -0.15) is 0 Å². The summed E-state index contributed by atoms with van der Waals surface area (Å²) in [5, 5.41) is 5.91. The molecule has 0 radical (unpaired) electrons. The highest BCUT2D eigenvalue weighted by molar-refractivity contribution is 5.96. The van der Waals surface area contributed by atoms with Crippen LogP contribution in [0.5, 0.6) is 0 Å². The van der Waals surface area contributed by atoms with Gasteiger partial charge in [-0.25, -0.2) is 0 Å². The van der Waals surface area contributed by atoms with Crippen molar-refractivity contribution in [1.82, 2.24) is 10.6 Å². The quantitative estimate of drug-likeness (QED) is 0.632. The molecule has 5 heteroatoms. The summed E-state index contributed by atoms with van der Waals surface area (Å²) in [6.07, 6.45) is 0. The Balaban J connectivity index is 2.28. The van der Waals surface area contributed by atoms with Crippen LogP contribution in [-0.2, 0) is 0 Å². The third-order valence-corrected chi connectivity index (χ3v) is 2.98. The zero-order chi connectivity index (χ0) is 12.3. The number of nitrogen functional groups attached to an aromatic ring is 1. The molecule has 1 fully saturated rings. The molecule has 4 N–H and O–H groups in total. The Kier molecular flexibility index (Phi) is 3.49. The smallest absolute Gasteiger partial charge is 0.251 e. The van der Waals surface area contributed by atoms with Gasteiger partial charge in [0.15, 0.2) is 0 Å². The van der Waals surface area contributed by atoms with Crippen LogP contribution in [0.1, 0.15) is 10.4 Å². The van der Waals surface area contributed by atoms with Crippen LogP contribution in [0.4, 0.5) is 11.4 Å². The molecule has 92 valence electrons. The Morgan fingerprint density at radius 1 is 1.41 bits per heavy atom. The Morgan fingerprint density at radius 3 is 2.76 bits per heavy atom. The normalized spacial score (nSPS) is 15.7. The van der Waals surface area contributed by atoms with Gasteiger partial charge < -0.3 is 21.3 Å². The maximum absolute atomic E-state index is 11.6. The van der Waals surface area contributed by atoms with Crippen molar-refractivity contribution >= 4 is 17.3 Å². The van der Waals surface area contributed by atoms with Gasteiger partial charge in [-0.15, -0.1) is 0 Å². The number of carbonyl (C=O) groups excluding carboxylic acids is 1. The first-order valence-electron chi connectivity index (χ1n) is 5.79. The Bertz CT molecular complexity index is 413. The summed E-state index contributed by atoms with van der Waals surface area (Å²) in [6, 6.07) is 5.40. The molecule has 0 aromatic heterocycles. The molecule has 1 aromatic rings. The van der Waals surface area contributed by atoms with E-state index in [0.717, 1.165) is 37.6 Å². The van der Waals surface area contributed by atoms with E-state index in [1.807, 2.05) is 6.07 Å². The van der Waals surface area contributed by atoms with Crippen LogP contribution in [0, 0.1) is 0 Å². The summed E-state index contributed by atoms with van der Waals surface area (Å²) in [6.45, 7) is 3.73. The number of anilines is 2. The highest BCUT2D eigenvalue weighted by atomic mass is 16.1. The highest BCUT2D eigenvalue weighted by Crippen LogP contribution is 2.24. The number of hydrogen-bond acceptors (Lipinski definition) is 4. The second-order valence-corrected chi connectivity index (χ2v) is 4.09. The number of rotatable bonds is 2. The molecule has 1 saturated heterocycles. The standard InChI is InChI=1S/C12H18N4O/c1-14-12(17)9-2-3-10(13)11(8-9)16-6-4-15-5-7-16/h2-3,8,15H,4-7,13H2,1H3,(H,14,17). The largest absolute Gasteiger partial charge is 0.397 e. The van der Waals surface area contributed by atoms with Gasteiger partial charge in [0.1, 0.15) is 0 Å². The predicted molar refractivity (Wildman–Crippen MR) is 69.3 cm³/mol. The van der Waals surface area contributed by atoms with Crippen LogP contribution < -0.4 is 21.3 Å². The third kappa shape index (κ3) is 2.50. The van der Waals surface area contributed by atoms with Crippen molar-refractivity contribution in [2.24, 2.45) is 0 Å². The highest BCUT2D eigenvalue weighted by Gasteiger charge is 2.15. The van der Waals surface area contributed by atoms with E-state index < -0.39 is 0 Å². The molecule has 0 aliphatic carbocycles. The second-order valence-electron chi connectivity index (χ2n) is 4.09. The lowest BCUT2D eigenvalue weighted by Gasteiger charge is -2.30. The number of carbonyl (C=O) groups is 1. The van der Waals surface area contributed by atoms with E-state index in [-0.39, 0.29) is 5.91 Å². The topological polar surface area (TPSA) is 70.4 Å². The molecule has 1 heterocycles. The number of nitrogens with one attached hydrogen (secondary N) is 2. The minimum atomic E-state index is -0.0821. The molecule has 1 aromatic carbocycles. The van der Waals surface area contributed by atoms with E-state index in [9.17, 15) is 4.79 Å². The lowest BCUT2D eigenvalue weighted by atomic mass is 10.1.